The molecule has 0 aromatic carbocycles. The number of rotatable bonds is 5. The maximum Gasteiger partial charge on any atom is 0.204 e. The minimum absolute atomic E-state index is 0.366. The predicted molar refractivity (Wildman–Crippen MR) is 74.3 cm³/mol. The number of nitrogens with two attached hydrogens (primary N) is 1. The lowest BCUT2D eigenvalue weighted by Crippen LogP contribution is -2.22. The molecule has 0 saturated carbocycles. The Kier molecular flexibility index (Phi) is 3.99. The van der Waals surface area contributed by atoms with Crippen molar-refractivity contribution in [1.29, 1.82) is 0 Å². The van der Waals surface area contributed by atoms with E-state index in [1.165, 1.54) is 11.2 Å². The van der Waals surface area contributed by atoms with Gasteiger partial charge in [0, 0.05) is 18.5 Å². The molecule has 18 heavy (non-hydrogen) atoms. The first-order valence-electron chi connectivity index (χ1n) is 5.60. The minimum Gasteiger partial charge on any atom is -0.490 e. The molecule has 0 saturated heterocycles. The van der Waals surface area contributed by atoms with Crippen molar-refractivity contribution in [3.63, 3.8) is 0 Å². The molecule has 2 aromatic heterocycles. The zero-order chi connectivity index (χ0) is 13.0. The first-order chi connectivity index (χ1) is 8.72. The second-order valence-corrected chi connectivity index (χ2v) is 4.90. The molecule has 96 valence electrons. The van der Waals surface area contributed by atoms with Crippen molar-refractivity contribution in [2.24, 2.45) is 0 Å². The SMILES string of the molecule is COc1c(N)ncnc1N(C)CCc1cccs1. The smallest absolute Gasteiger partial charge is 0.204 e. The van der Waals surface area contributed by atoms with E-state index in [2.05, 4.69) is 27.5 Å². The summed E-state index contributed by atoms with van der Waals surface area (Å²) in [5, 5.41) is 2.08. The standard InChI is InChI=1S/C12H16N4OS/c1-16(6-5-9-4-3-7-18-9)12-10(17-2)11(13)14-8-15-12/h3-4,7-8H,5-6H2,1-2H3,(H2,13,14,15). The van der Waals surface area contributed by atoms with E-state index in [0.717, 1.165) is 18.8 Å². The van der Waals surface area contributed by atoms with Crippen LogP contribution in [0.25, 0.3) is 0 Å². The summed E-state index contributed by atoms with van der Waals surface area (Å²) in [6.45, 7) is 0.854. The molecule has 0 spiro atoms. The van der Waals surface area contributed by atoms with E-state index in [-0.39, 0.29) is 0 Å². The quantitative estimate of drug-likeness (QED) is 0.892. The number of methoxy groups -OCH3 is 1. The van der Waals surface area contributed by atoms with Gasteiger partial charge in [0.2, 0.25) is 5.75 Å². The highest BCUT2D eigenvalue weighted by Crippen LogP contribution is 2.29. The van der Waals surface area contributed by atoms with Crippen LogP contribution in [0.15, 0.2) is 23.8 Å². The summed E-state index contributed by atoms with van der Waals surface area (Å²) in [5.41, 5.74) is 5.76. The van der Waals surface area contributed by atoms with Crippen molar-refractivity contribution in [3.05, 3.63) is 28.7 Å². The van der Waals surface area contributed by atoms with Crippen LogP contribution in [0.1, 0.15) is 4.88 Å². The highest BCUT2D eigenvalue weighted by Gasteiger charge is 2.13. The fraction of sp³-hybridized carbons (Fsp3) is 0.333. The zero-order valence-corrected chi connectivity index (χ0v) is 11.3. The molecular weight excluding hydrogens is 248 g/mol. The van der Waals surface area contributed by atoms with E-state index >= 15 is 0 Å². The lowest BCUT2D eigenvalue weighted by atomic mass is 10.3. The molecule has 2 rings (SSSR count). The monoisotopic (exact) mass is 264 g/mol. The number of nitrogen functional groups attached to an aromatic ring is 1. The second-order valence-electron chi connectivity index (χ2n) is 3.87. The third kappa shape index (κ3) is 2.70. The van der Waals surface area contributed by atoms with E-state index in [0.29, 0.717) is 11.6 Å². The normalized spacial score (nSPS) is 10.3. The molecule has 0 unspecified atom stereocenters. The molecule has 0 fully saturated rings. The summed E-state index contributed by atoms with van der Waals surface area (Å²) in [7, 11) is 3.55. The van der Waals surface area contributed by atoms with Crippen LogP contribution in [0, 0.1) is 0 Å². The number of thiophene rings is 1. The van der Waals surface area contributed by atoms with Gasteiger partial charge in [-0.15, -0.1) is 11.3 Å². The Bertz CT molecular complexity index is 501. The molecule has 6 heteroatoms. The van der Waals surface area contributed by atoms with Crippen LogP contribution in [0.4, 0.5) is 11.6 Å². The first-order valence-corrected chi connectivity index (χ1v) is 6.48. The van der Waals surface area contributed by atoms with Gasteiger partial charge >= 0.3 is 0 Å². The van der Waals surface area contributed by atoms with Crippen LogP contribution in [0.3, 0.4) is 0 Å². The Hall–Kier alpha value is -1.82. The number of hydrogen-bond acceptors (Lipinski definition) is 6. The van der Waals surface area contributed by atoms with Crippen molar-refractivity contribution in [1.82, 2.24) is 9.97 Å². The molecule has 2 N–H and O–H groups in total. The average molecular weight is 264 g/mol. The number of nitrogens with zero attached hydrogens (tertiary/aromatic N) is 3. The van der Waals surface area contributed by atoms with Gasteiger partial charge in [0.15, 0.2) is 11.6 Å². The summed E-state index contributed by atoms with van der Waals surface area (Å²) in [6, 6.07) is 4.19. The van der Waals surface area contributed by atoms with Gasteiger partial charge in [-0.25, -0.2) is 9.97 Å². The highest BCUT2D eigenvalue weighted by molar-refractivity contribution is 7.09. The highest BCUT2D eigenvalue weighted by atomic mass is 32.1. The number of ether oxygens (including phenoxy) is 1. The fourth-order valence-electron chi connectivity index (χ4n) is 1.68. The van der Waals surface area contributed by atoms with Crippen molar-refractivity contribution >= 4 is 23.0 Å². The van der Waals surface area contributed by atoms with E-state index in [1.54, 1.807) is 18.4 Å². The van der Waals surface area contributed by atoms with Crippen LogP contribution in [0.2, 0.25) is 0 Å². The van der Waals surface area contributed by atoms with E-state index in [1.807, 2.05) is 11.9 Å². The van der Waals surface area contributed by atoms with E-state index in [4.69, 9.17) is 10.5 Å². The van der Waals surface area contributed by atoms with Crippen molar-refractivity contribution in [2.45, 2.75) is 6.42 Å². The molecule has 0 atom stereocenters. The zero-order valence-electron chi connectivity index (χ0n) is 10.5. The maximum absolute atomic E-state index is 5.76. The molecular formula is C12H16N4OS. The maximum atomic E-state index is 5.76. The van der Waals surface area contributed by atoms with E-state index < -0.39 is 0 Å². The lowest BCUT2D eigenvalue weighted by molar-refractivity contribution is 0.413. The van der Waals surface area contributed by atoms with Crippen molar-refractivity contribution in [3.8, 4) is 5.75 Å². The number of anilines is 2. The minimum atomic E-state index is 0.366. The van der Waals surface area contributed by atoms with Crippen LogP contribution < -0.4 is 15.4 Å². The number of aromatic nitrogens is 2. The Morgan fingerprint density at radius 3 is 2.94 bits per heavy atom. The molecule has 0 aliphatic heterocycles. The van der Waals surface area contributed by atoms with Gasteiger partial charge in [0.25, 0.3) is 0 Å². The van der Waals surface area contributed by atoms with Crippen LogP contribution >= 0.6 is 11.3 Å². The third-order valence-corrected chi connectivity index (χ3v) is 3.59. The summed E-state index contributed by atoms with van der Waals surface area (Å²) in [4.78, 5) is 11.5. The Morgan fingerprint density at radius 1 is 1.44 bits per heavy atom. The first kappa shape index (κ1) is 12.6. The second kappa shape index (κ2) is 5.68. The molecule has 2 aromatic rings. The molecule has 0 amide bonds. The summed E-state index contributed by atoms with van der Waals surface area (Å²) < 4.78 is 5.25. The van der Waals surface area contributed by atoms with Gasteiger partial charge in [-0.3, -0.25) is 0 Å². The van der Waals surface area contributed by atoms with Gasteiger partial charge in [0.1, 0.15) is 6.33 Å². The van der Waals surface area contributed by atoms with Gasteiger partial charge in [-0.2, -0.15) is 0 Å². The molecule has 0 radical (unpaired) electrons. The van der Waals surface area contributed by atoms with Crippen molar-refractivity contribution < 1.29 is 4.74 Å². The fourth-order valence-corrected chi connectivity index (χ4v) is 2.38. The molecule has 0 aliphatic rings. The summed E-state index contributed by atoms with van der Waals surface area (Å²) >= 11 is 1.76. The largest absolute Gasteiger partial charge is 0.490 e. The summed E-state index contributed by atoms with van der Waals surface area (Å²) in [5.74, 6) is 1.62. The molecule has 2 heterocycles. The average Bonchev–Trinajstić information content (AvgIpc) is 2.88. The summed E-state index contributed by atoms with van der Waals surface area (Å²) in [6.07, 6.45) is 2.43. The van der Waals surface area contributed by atoms with Gasteiger partial charge < -0.3 is 15.4 Å². The van der Waals surface area contributed by atoms with Crippen LogP contribution in [0.5, 0.6) is 5.75 Å². The van der Waals surface area contributed by atoms with E-state index in [9.17, 15) is 0 Å². The number of hydrogen-bond donors (Lipinski definition) is 1. The van der Waals surface area contributed by atoms with Crippen LogP contribution in [-0.2, 0) is 6.42 Å². The Morgan fingerprint density at radius 2 is 2.28 bits per heavy atom. The Labute approximate surface area is 110 Å². The van der Waals surface area contributed by atoms with Gasteiger partial charge in [0.05, 0.1) is 7.11 Å². The molecule has 5 nitrogen and oxygen atoms in total. The van der Waals surface area contributed by atoms with Crippen molar-refractivity contribution in [2.75, 3.05) is 31.3 Å². The molecule has 0 aliphatic carbocycles. The van der Waals surface area contributed by atoms with Gasteiger partial charge in [-0.05, 0) is 17.9 Å². The predicted octanol–water partition coefficient (Wildman–Crippen LogP) is 1.81. The van der Waals surface area contributed by atoms with Crippen LogP contribution in [-0.4, -0.2) is 30.7 Å². The third-order valence-electron chi connectivity index (χ3n) is 2.65. The lowest BCUT2D eigenvalue weighted by Gasteiger charge is -2.20. The topological polar surface area (TPSA) is 64.3 Å². The van der Waals surface area contributed by atoms with Gasteiger partial charge in [-0.1, -0.05) is 6.07 Å². The Balaban J connectivity index is 2.08. The molecule has 0 bridgehead atoms. The number of likely N-dealkylation sites (N-methyl/N-ethyl adjacent to an activating group) is 1.